The zero-order valence-electron chi connectivity index (χ0n) is 9.99. The minimum Gasteiger partial charge on any atom is -0.320 e. The Kier molecular flexibility index (Phi) is 4.54. The minimum atomic E-state index is -0.383. The van der Waals surface area contributed by atoms with Gasteiger partial charge in [-0.1, -0.05) is 13.3 Å². The third kappa shape index (κ3) is 3.18. The largest absolute Gasteiger partial charge is 0.320 e. The number of nitrogens with zero attached hydrogens (tertiary/aromatic N) is 1. The number of carbonyl (C=O) groups is 1. The molecule has 0 aromatic rings. The van der Waals surface area contributed by atoms with Crippen LogP contribution in [0.1, 0.15) is 46.5 Å². The van der Waals surface area contributed by atoms with Crippen LogP contribution in [0.3, 0.4) is 0 Å². The first kappa shape index (κ1) is 12.5. The first-order valence-electron chi connectivity index (χ1n) is 5.90. The fraction of sp³-hybridized carbons (Fsp3) is 0.909. The summed E-state index contributed by atoms with van der Waals surface area (Å²) in [6.07, 6.45) is 4.22. The number of rotatable bonds is 3. The first-order chi connectivity index (χ1) is 7.06. The lowest BCUT2D eigenvalue weighted by atomic mass is 10.00. The number of carbonyl (C=O) groups excluding carboxylic acids is 1. The summed E-state index contributed by atoms with van der Waals surface area (Å²) in [5.74, 6) is -0.0573. The molecule has 0 bridgehead atoms. The molecule has 15 heavy (non-hydrogen) atoms. The molecule has 4 nitrogen and oxygen atoms in total. The van der Waals surface area contributed by atoms with Crippen LogP contribution in [0.25, 0.3) is 0 Å². The van der Waals surface area contributed by atoms with Gasteiger partial charge in [0.15, 0.2) is 0 Å². The van der Waals surface area contributed by atoms with Gasteiger partial charge >= 0.3 is 0 Å². The molecule has 2 unspecified atom stereocenters. The smallest absolute Gasteiger partial charge is 0.251 e. The van der Waals surface area contributed by atoms with Crippen LogP contribution in [-0.2, 0) is 4.79 Å². The molecule has 1 aliphatic rings. The maximum atomic E-state index is 11.7. The van der Waals surface area contributed by atoms with Gasteiger partial charge in [-0.15, -0.1) is 0 Å². The van der Waals surface area contributed by atoms with Crippen molar-refractivity contribution in [2.75, 3.05) is 0 Å². The Labute approximate surface area is 92.2 Å². The van der Waals surface area contributed by atoms with E-state index in [1.807, 2.05) is 6.92 Å². The normalized spacial score (nSPS) is 29.9. The molecule has 1 aliphatic heterocycles. The lowest BCUT2D eigenvalue weighted by molar-refractivity contribution is -0.130. The molecule has 0 radical (unpaired) electrons. The Bertz CT molecular complexity index is 210. The van der Waals surface area contributed by atoms with E-state index in [0.29, 0.717) is 18.5 Å². The van der Waals surface area contributed by atoms with Crippen LogP contribution < -0.4 is 11.2 Å². The molecule has 1 heterocycles. The van der Waals surface area contributed by atoms with Gasteiger partial charge < -0.3 is 5.73 Å². The molecular weight excluding hydrogens is 190 g/mol. The lowest BCUT2D eigenvalue weighted by Crippen LogP contribution is -2.57. The highest BCUT2D eigenvalue weighted by Crippen LogP contribution is 2.20. The lowest BCUT2D eigenvalue weighted by Gasteiger charge is -2.39. The molecule has 1 rings (SSSR count). The van der Waals surface area contributed by atoms with Crippen LogP contribution in [0.2, 0.25) is 0 Å². The summed E-state index contributed by atoms with van der Waals surface area (Å²) in [5, 5.41) is 2.06. The molecule has 88 valence electrons. The van der Waals surface area contributed by atoms with E-state index in [0.717, 1.165) is 12.8 Å². The van der Waals surface area contributed by atoms with Crippen molar-refractivity contribution in [2.45, 2.75) is 64.6 Å². The third-order valence-electron chi connectivity index (χ3n) is 3.21. The van der Waals surface area contributed by atoms with Gasteiger partial charge in [0.1, 0.15) is 0 Å². The van der Waals surface area contributed by atoms with E-state index >= 15 is 0 Å². The van der Waals surface area contributed by atoms with Crippen molar-refractivity contribution in [1.29, 1.82) is 0 Å². The predicted octanol–water partition coefficient (Wildman–Crippen LogP) is 1.02. The van der Waals surface area contributed by atoms with Crippen molar-refractivity contribution in [3.05, 3.63) is 0 Å². The molecular formula is C11H23N3O. The molecule has 1 amide bonds. The van der Waals surface area contributed by atoms with Crippen LogP contribution in [0.15, 0.2) is 0 Å². The Morgan fingerprint density at radius 2 is 2.00 bits per heavy atom. The fourth-order valence-corrected chi connectivity index (χ4v) is 2.04. The number of hydrazine groups is 1. The quantitative estimate of drug-likeness (QED) is 0.736. The third-order valence-corrected chi connectivity index (χ3v) is 3.21. The highest BCUT2D eigenvalue weighted by molar-refractivity contribution is 5.80. The second kappa shape index (κ2) is 5.47. The zero-order valence-corrected chi connectivity index (χ0v) is 9.99. The SMILES string of the molecule is CC[C@H](N)C(=O)NN1C(C)CCCC1C. The highest BCUT2D eigenvalue weighted by Gasteiger charge is 2.27. The van der Waals surface area contributed by atoms with Gasteiger partial charge in [0.25, 0.3) is 5.91 Å². The predicted molar refractivity (Wildman–Crippen MR) is 61.0 cm³/mol. The van der Waals surface area contributed by atoms with Gasteiger partial charge in [-0.25, -0.2) is 5.01 Å². The molecule has 0 saturated carbocycles. The van der Waals surface area contributed by atoms with Gasteiger partial charge in [0, 0.05) is 12.1 Å². The number of nitrogens with two attached hydrogens (primary N) is 1. The topological polar surface area (TPSA) is 58.4 Å². The van der Waals surface area contributed by atoms with Crippen molar-refractivity contribution in [3.63, 3.8) is 0 Å². The average molecular weight is 213 g/mol. The molecule has 0 aromatic carbocycles. The summed E-state index contributed by atoms with van der Waals surface area (Å²) >= 11 is 0. The Morgan fingerprint density at radius 1 is 1.47 bits per heavy atom. The van der Waals surface area contributed by atoms with Gasteiger partial charge in [0.2, 0.25) is 0 Å². The molecule has 4 heteroatoms. The van der Waals surface area contributed by atoms with Crippen LogP contribution in [0, 0.1) is 0 Å². The summed E-state index contributed by atoms with van der Waals surface area (Å²) in [6.45, 7) is 6.22. The summed E-state index contributed by atoms with van der Waals surface area (Å²) < 4.78 is 0. The Hall–Kier alpha value is -0.610. The Morgan fingerprint density at radius 3 is 2.47 bits per heavy atom. The fourth-order valence-electron chi connectivity index (χ4n) is 2.04. The van der Waals surface area contributed by atoms with E-state index in [9.17, 15) is 4.79 Å². The van der Waals surface area contributed by atoms with E-state index in [1.165, 1.54) is 6.42 Å². The van der Waals surface area contributed by atoms with Crippen LogP contribution in [-0.4, -0.2) is 29.0 Å². The molecule has 0 spiro atoms. The summed E-state index contributed by atoms with van der Waals surface area (Å²) in [7, 11) is 0. The van der Waals surface area contributed by atoms with Crippen LogP contribution in [0.4, 0.5) is 0 Å². The summed E-state index contributed by atoms with van der Waals surface area (Å²) in [4.78, 5) is 11.7. The number of piperidine rings is 1. The highest BCUT2D eigenvalue weighted by atomic mass is 16.2. The number of hydrogen-bond acceptors (Lipinski definition) is 3. The van der Waals surface area contributed by atoms with E-state index in [-0.39, 0.29) is 11.9 Å². The minimum absolute atomic E-state index is 0.0573. The van der Waals surface area contributed by atoms with Crippen molar-refractivity contribution in [2.24, 2.45) is 5.73 Å². The van der Waals surface area contributed by atoms with Crippen LogP contribution in [0.5, 0.6) is 0 Å². The zero-order chi connectivity index (χ0) is 11.4. The molecule has 1 saturated heterocycles. The standard InChI is InChI=1S/C11H23N3O/c1-4-10(12)11(15)13-14-8(2)6-5-7-9(14)3/h8-10H,4-7,12H2,1-3H3,(H,13,15)/t8?,9?,10-/m0/s1. The van der Waals surface area contributed by atoms with Crippen molar-refractivity contribution in [1.82, 2.24) is 10.4 Å². The van der Waals surface area contributed by atoms with E-state index in [1.54, 1.807) is 0 Å². The van der Waals surface area contributed by atoms with Gasteiger partial charge in [-0.05, 0) is 33.1 Å². The number of amides is 1. The first-order valence-corrected chi connectivity index (χ1v) is 5.90. The maximum Gasteiger partial charge on any atom is 0.251 e. The molecule has 0 aromatic heterocycles. The van der Waals surface area contributed by atoms with Crippen molar-refractivity contribution < 1.29 is 4.79 Å². The van der Waals surface area contributed by atoms with Gasteiger partial charge in [-0.3, -0.25) is 10.2 Å². The van der Waals surface area contributed by atoms with Crippen LogP contribution >= 0.6 is 0 Å². The molecule has 1 fully saturated rings. The van der Waals surface area contributed by atoms with E-state index in [2.05, 4.69) is 24.3 Å². The second-order valence-electron chi connectivity index (χ2n) is 4.53. The molecule has 3 atom stereocenters. The van der Waals surface area contributed by atoms with Crippen molar-refractivity contribution in [3.8, 4) is 0 Å². The van der Waals surface area contributed by atoms with E-state index in [4.69, 9.17) is 5.73 Å². The summed E-state index contributed by atoms with van der Waals surface area (Å²) in [6, 6.07) is 0.454. The Balaban J connectivity index is 2.51. The van der Waals surface area contributed by atoms with Crippen molar-refractivity contribution >= 4 is 5.91 Å². The van der Waals surface area contributed by atoms with Gasteiger partial charge in [0.05, 0.1) is 6.04 Å². The average Bonchev–Trinajstić information content (AvgIpc) is 2.22. The van der Waals surface area contributed by atoms with E-state index < -0.39 is 0 Å². The van der Waals surface area contributed by atoms with Gasteiger partial charge in [-0.2, -0.15) is 0 Å². The summed E-state index contributed by atoms with van der Waals surface area (Å²) in [5.41, 5.74) is 8.62. The molecule has 3 N–H and O–H groups in total. The molecule has 0 aliphatic carbocycles. The number of nitrogens with one attached hydrogen (secondary N) is 1. The number of hydrogen-bond donors (Lipinski definition) is 2. The maximum absolute atomic E-state index is 11.7. The second-order valence-corrected chi connectivity index (χ2v) is 4.53. The monoisotopic (exact) mass is 213 g/mol.